The molecule has 1 saturated carbocycles. The third-order valence-corrected chi connectivity index (χ3v) is 4.45. The van der Waals surface area contributed by atoms with Crippen LogP contribution in [0.4, 0.5) is 0 Å². The molecule has 4 nitrogen and oxygen atoms in total. The Morgan fingerprint density at radius 2 is 2.16 bits per heavy atom. The summed E-state index contributed by atoms with van der Waals surface area (Å²) in [5.41, 5.74) is 7.24. The van der Waals surface area contributed by atoms with Gasteiger partial charge in [-0.3, -0.25) is 4.90 Å². The number of imidazole rings is 1. The van der Waals surface area contributed by atoms with E-state index in [1.54, 1.807) is 0 Å². The van der Waals surface area contributed by atoms with Crippen LogP contribution in [0.5, 0.6) is 0 Å². The number of hydrogen-bond acceptors (Lipinski definition) is 3. The van der Waals surface area contributed by atoms with Crippen LogP contribution in [0.2, 0.25) is 0 Å². The van der Waals surface area contributed by atoms with E-state index in [-0.39, 0.29) is 0 Å². The van der Waals surface area contributed by atoms with Crippen molar-refractivity contribution in [2.75, 3.05) is 13.6 Å². The maximum Gasteiger partial charge on any atom is 0.0951 e. The van der Waals surface area contributed by atoms with Gasteiger partial charge in [0.05, 0.1) is 12.0 Å². The van der Waals surface area contributed by atoms with Crippen molar-refractivity contribution in [3.05, 3.63) is 18.2 Å². The second kappa shape index (κ2) is 6.53. The molecule has 0 aliphatic heterocycles. The van der Waals surface area contributed by atoms with Crippen LogP contribution in [0.3, 0.4) is 0 Å². The molecule has 108 valence electrons. The molecule has 2 N–H and O–H groups in total. The van der Waals surface area contributed by atoms with Crippen LogP contribution in [0.15, 0.2) is 12.5 Å². The molecule has 0 radical (unpaired) electrons. The molecule has 19 heavy (non-hydrogen) atoms. The Bertz CT molecular complexity index is 385. The molecule has 0 amide bonds. The van der Waals surface area contributed by atoms with Gasteiger partial charge in [0, 0.05) is 24.8 Å². The van der Waals surface area contributed by atoms with Crippen molar-refractivity contribution in [1.82, 2.24) is 14.5 Å². The summed E-state index contributed by atoms with van der Waals surface area (Å²) in [6.07, 6.45) is 9.19. The van der Waals surface area contributed by atoms with E-state index in [1.165, 1.54) is 31.4 Å². The van der Waals surface area contributed by atoms with Gasteiger partial charge in [-0.1, -0.05) is 12.8 Å². The Hall–Kier alpha value is -0.870. The number of hydrogen-bond donors (Lipinski definition) is 1. The van der Waals surface area contributed by atoms with Gasteiger partial charge >= 0.3 is 0 Å². The standard InChI is InChI=1S/C15H28N4/c1-12(2)19-11-17-9-14(19)10-18(3)15-7-5-4-6-13(15)8-16/h9,11-13,15H,4-8,10,16H2,1-3H3. The van der Waals surface area contributed by atoms with E-state index < -0.39 is 0 Å². The first-order valence-corrected chi connectivity index (χ1v) is 7.54. The van der Waals surface area contributed by atoms with Gasteiger partial charge in [-0.15, -0.1) is 0 Å². The minimum Gasteiger partial charge on any atom is -0.331 e. The molecule has 0 bridgehead atoms. The summed E-state index contributed by atoms with van der Waals surface area (Å²) in [6.45, 7) is 6.20. The predicted octanol–water partition coefficient (Wildman–Crippen LogP) is 2.41. The highest BCUT2D eigenvalue weighted by molar-refractivity contribution is 5.00. The van der Waals surface area contributed by atoms with Crippen molar-refractivity contribution in [1.29, 1.82) is 0 Å². The fourth-order valence-electron chi connectivity index (χ4n) is 3.34. The van der Waals surface area contributed by atoms with E-state index in [9.17, 15) is 0 Å². The van der Waals surface area contributed by atoms with Crippen molar-refractivity contribution >= 4 is 0 Å². The molecule has 1 aliphatic carbocycles. The maximum absolute atomic E-state index is 5.94. The van der Waals surface area contributed by atoms with E-state index in [1.807, 2.05) is 12.5 Å². The van der Waals surface area contributed by atoms with Crippen LogP contribution in [0.1, 0.15) is 51.3 Å². The van der Waals surface area contributed by atoms with Crippen molar-refractivity contribution in [2.45, 2.75) is 58.2 Å². The zero-order valence-electron chi connectivity index (χ0n) is 12.5. The molecule has 1 fully saturated rings. The van der Waals surface area contributed by atoms with Gasteiger partial charge in [0.15, 0.2) is 0 Å². The lowest BCUT2D eigenvalue weighted by molar-refractivity contribution is 0.124. The van der Waals surface area contributed by atoms with Crippen LogP contribution in [0, 0.1) is 5.92 Å². The summed E-state index contributed by atoms with van der Waals surface area (Å²) in [4.78, 5) is 6.77. The Morgan fingerprint density at radius 1 is 1.42 bits per heavy atom. The van der Waals surface area contributed by atoms with Crippen molar-refractivity contribution in [3.8, 4) is 0 Å². The average Bonchev–Trinajstić information content (AvgIpc) is 2.87. The summed E-state index contributed by atoms with van der Waals surface area (Å²) in [5.74, 6) is 0.661. The minimum atomic E-state index is 0.475. The van der Waals surface area contributed by atoms with Crippen LogP contribution < -0.4 is 5.73 Å². The Balaban J connectivity index is 2.03. The van der Waals surface area contributed by atoms with Crippen molar-refractivity contribution in [2.24, 2.45) is 11.7 Å². The Morgan fingerprint density at radius 3 is 2.84 bits per heavy atom. The molecular weight excluding hydrogens is 236 g/mol. The van der Waals surface area contributed by atoms with E-state index in [2.05, 4.69) is 35.3 Å². The number of nitrogens with two attached hydrogens (primary N) is 1. The first kappa shape index (κ1) is 14.5. The zero-order valence-corrected chi connectivity index (χ0v) is 12.5. The third-order valence-electron chi connectivity index (χ3n) is 4.45. The SMILES string of the molecule is CC(C)n1cncc1CN(C)C1CCCCC1CN. The molecule has 1 aromatic heterocycles. The molecular formula is C15H28N4. The van der Waals surface area contributed by atoms with E-state index in [0.29, 0.717) is 18.0 Å². The lowest BCUT2D eigenvalue weighted by atomic mass is 9.83. The zero-order chi connectivity index (χ0) is 13.8. The minimum absolute atomic E-state index is 0.475. The largest absolute Gasteiger partial charge is 0.331 e. The summed E-state index contributed by atoms with van der Waals surface area (Å²) in [7, 11) is 2.23. The molecule has 0 saturated heterocycles. The fourth-order valence-corrected chi connectivity index (χ4v) is 3.34. The first-order valence-electron chi connectivity index (χ1n) is 7.54. The number of rotatable bonds is 5. The third kappa shape index (κ3) is 3.37. The predicted molar refractivity (Wildman–Crippen MR) is 78.9 cm³/mol. The van der Waals surface area contributed by atoms with Gasteiger partial charge in [-0.2, -0.15) is 0 Å². The van der Waals surface area contributed by atoms with Gasteiger partial charge in [0.1, 0.15) is 0 Å². The number of nitrogens with zero attached hydrogens (tertiary/aromatic N) is 3. The Kier molecular flexibility index (Phi) is 4.99. The molecule has 1 aromatic rings. The van der Waals surface area contributed by atoms with E-state index in [0.717, 1.165) is 13.1 Å². The van der Waals surface area contributed by atoms with Crippen LogP contribution >= 0.6 is 0 Å². The maximum atomic E-state index is 5.94. The quantitative estimate of drug-likeness (QED) is 0.888. The van der Waals surface area contributed by atoms with Crippen molar-refractivity contribution < 1.29 is 0 Å². The van der Waals surface area contributed by atoms with Crippen LogP contribution in [-0.4, -0.2) is 34.1 Å². The summed E-state index contributed by atoms with van der Waals surface area (Å²) < 4.78 is 2.26. The highest BCUT2D eigenvalue weighted by Crippen LogP contribution is 2.28. The lowest BCUT2D eigenvalue weighted by Crippen LogP contribution is -2.43. The second-order valence-corrected chi connectivity index (χ2v) is 6.15. The normalized spacial score (nSPS) is 24.3. The van der Waals surface area contributed by atoms with Crippen molar-refractivity contribution in [3.63, 3.8) is 0 Å². The molecule has 0 aromatic carbocycles. The molecule has 2 atom stereocenters. The molecule has 0 spiro atoms. The first-order chi connectivity index (χ1) is 9.13. The van der Waals surface area contributed by atoms with Crippen LogP contribution in [0.25, 0.3) is 0 Å². The topological polar surface area (TPSA) is 47.1 Å². The monoisotopic (exact) mass is 264 g/mol. The van der Waals surface area contributed by atoms with Gasteiger partial charge < -0.3 is 10.3 Å². The highest BCUT2D eigenvalue weighted by atomic mass is 15.2. The highest BCUT2D eigenvalue weighted by Gasteiger charge is 2.27. The molecule has 2 rings (SSSR count). The van der Waals surface area contributed by atoms with Gasteiger partial charge in [0.25, 0.3) is 0 Å². The molecule has 4 heteroatoms. The lowest BCUT2D eigenvalue weighted by Gasteiger charge is -2.37. The smallest absolute Gasteiger partial charge is 0.0951 e. The molecule has 1 heterocycles. The molecule has 2 unspecified atom stereocenters. The second-order valence-electron chi connectivity index (χ2n) is 6.15. The van der Waals surface area contributed by atoms with Gasteiger partial charge in [-0.05, 0) is 46.2 Å². The Labute approximate surface area is 117 Å². The van der Waals surface area contributed by atoms with Gasteiger partial charge in [-0.25, -0.2) is 4.98 Å². The van der Waals surface area contributed by atoms with Gasteiger partial charge in [0.2, 0.25) is 0 Å². The summed E-state index contributed by atoms with van der Waals surface area (Å²) >= 11 is 0. The molecule has 1 aliphatic rings. The summed E-state index contributed by atoms with van der Waals surface area (Å²) in [6, 6.07) is 1.11. The summed E-state index contributed by atoms with van der Waals surface area (Å²) in [5, 5.41) is 0. The average molecular weight is 264 g/mol. The van der Waals surface area contributed by atoms with E-state index >= 15 is 0 Å². The van der Waals surface area contributed by atoms with E-state index in [4.69, 9.17) is 5.73 Å². The number of aromatic nitrogens is 2. The fraction of sp³-hybridized carbons (Fsp3) is 0.800. The van der Waals surface area contributed by atoms with Crippen LogP contribution in [-0.2, 0) is 6.54 Å².